The average molecular weight is 240 g/mol. The zero-order valence-electron chi connectivity index (χ0n) is 7.07. The molecule has 2 N–H and O–H groups in total. The summed E-state index contributed by atoms with van der Waals surface area (Å²) in [5.41, 5.74) is 7.66. The molecule has 0 aliphatic rings. The molecule has 0 fully saturated rings. The highest BCUT2D eigenvalue weighted by Gasteiger charge is 2.03. The predicted octanol–water partition coefficient (Wildman–Crippen LogP) is 1.60. The van der Waals surface area contributed by atoms with Crippen molar-refractivity contribution in [3.8, 4) is 0 Å². The SMILES string of the molecule is NCCc1cccc2ncc(Br)n12. The van der Waals surface area contributed by atoms with Gasteiger partial charge in [0, 0.05) is 12.1 Å². The van der Waals surface area contributed by atoms with E-state index in [4.69, 9.17) is 5.73 Å². The zero-order chi connectivity index (χ0) is 9.26. The predicted molar refractivity (Wildman–Crippen MR) is 55.7 cm³/mol. The van der Waals surface area contributed by atoms with Gasteiger partial charge in [-0.05, 0) is 34.6 Å². The third-order valence-corrected chi connectivity index (χ3v) is 2.53. The molecule has 68 valence electrons. The van der Waals surface area contributed by atoms with E-state index in [2.05, 4.69) is 31.4 Å². The molecule has 4 heteroatoms. The molecule has 0 aliphatic heterocycles. The van der Waals surface area contributed by atoms with Crippen molar-refractivity contribution in [2.45, 2.75) is 6.42 Å². The Kier molecular flexibility index (Phi) is 2.33. The Bertz CT molecular complexity index is 422. The number of nitrogens with zero attached hydrogens (tertiary/aromatic N) is 2. The Morgan fingerprint density at radius 3 is 3.08 bits per heavy atom. The summed E-state index contributed by atoms with van der Waals surface area (Å²) in [7, 11) is 0. The number of imidazole rings is 1. The Balaban J connectivity index is 2.65. The van der Waals surface area contributed by atoms with Gasteiger partial charge in [0.15, 0.2) is 0 Å². The quantitative estimate of drug-likeness (QED) is 0.866. The van der Waals surface area contributed by atoms with Crippen LogP contribution in [0, 0.1) is 0 Å². The molecule has 0 saturated carbocycles. The van der Waals surface area contributed by atoms with Gasteiger partial charge in [0.2, 0.25) is 0 Å². The van der Waals surface area contributed by atoms with Crippen LogP contribution >= 0.6 is 15.9 Å². The van der Waals surface area contributed by atoms with Gasteiger partial charge in [0.05, 0.1) is 6.20 Å². The Hall–Kier alpha value is -0.870. The van der Waals surface area contributed by atoms with Gasteiger partial charge in [-0.2, -0.15) is 0 Å². The lowest BCUT2D eigenvalue weighted by Gasteiger charge is -2.03. The van der Waals surface area contributed by atoms with Gasteiger partial charge in [-0.3, -0.25) is 4.40 Å². The van der Waals surface area contributed by atoms with E-state index in [1.807, 2.05) is 12.1 Å². The number of hydrogen-bond acceptors (Lipinski definition) is 2. The van der Waals surface area contributed by atoms with Crippen LogP contribution in [0.15, 0.2) is 29.0 Å². The number of aromatic nitrogens is 2. The molecule has 0 aromatic carbocycles. The first-order chi connectivity index (χ1) is 6.33. The van der Waals surface area contributed by atoms with Crippen LogP contribution in [0.2, 0.25) is 0 Å². The normalized spacial score (nSPS) is 10.9. The van der Waals surface area contributed by atoms with Gasteiger partial charge < -0.3 is 5.73 Å². The highest BCUT2D eigenvalue weighted by atomic mass is 79.9. The van der Waals surface area contributed by atoms with Crippen LogP contribution in [-0.4, -0.2) is 15.9 Å². The highest BCUT2D eigenvalue weighted by Crippen LogP contribution is 2.15. The Morgan fingerprint density at radius 2 is 2.31 bits per heavy atom. The molecular weight excluding hydrogens is 230 g/mol. The van der Waals surface area contributed by atoms with Crippen molar-refractivity contribution in [2.24, 2.45) is 5.73 Å². The van der Waals surface area contributed by atoms with E-state index in [-0.39, 0.29) is 0 Å². The van der Waals surface area contributed by atoms with Crippen molar-refractivity contribution in [1.29, 1.82) is 0 Å². The third-order valence-electron chi connectivity index (χ3n) is 1.97. The van der Waals surface area contributed by atoms with Crippen molar-refractivity contribution in [1.82, 2.24) is 9.38 Å². The fourth-order valence-electron chi connectivity index (χ4n) is 1.41. The van der Waals surface area contributed by atoms with Crippen LogP contribution in [0.3, 0.4) is 0 Å². The van der Waals surface area contributed by atoms with Crippen LogP contribution < -0.4 is 5.73 Å². The minimum absolute atomic E-state index is 0.656. The summed E-state index contributed by atoms with van der Waals surface area (Å²) < 4.78 is 3.04. The summed E-state index contributed by atoms with van der Waals surface area (Å²) in [6, 6.07) is 6.04. The molecule has 0 atom stereocenters. The summed E-state index contributed by atoms with van der Waals surface area (Å²) in [6.45, 7) is 0.656. The second-order valence-corrected chi connectivity index (χ2v) is 3.64. The van der Waals surface area contributed by atoms with Crippen LogP contribution in [0.4, 0.5) is 0 Å². The molecule has 2 heterocycles. The van der Waals surface area contributed by atoms with E-state index >= 15 is 0 Å². The molecule has 0 unspecified atom stereocenters. The molecule has 3 nitrogen and oxygen atoms in total. The second-order valence-electron chi connectivity index (χ2n) is 2.83. The van der Waals surface area contributed by atoms with Gasteiger partial charge in [0.25, 0.3) is 0 Å². The first-order valence-electron chi connectivity index (χ1n) is 4.14. The largest absolute Gasteiger partial charge is 0.330 e. The maximum absolute atomic E-state index is 5.52. The fraction of sp³-hybridized carbons (Fsp3) is 0.222. The van der Waals surface area contributed by atoms with Crippen LogP contribution in [-0.2, 0) is 6.42 Å². The molecule has 0 aliphatic carbocycles. The molecule has 0 amide bonds. The molecule has 0 radical (unpaired) electrons. The zero-order valence-corrected chi connectivity index (χ0v) is 8.66. The first-order valence-corrected chi connectivity index (χ1v) is 4.93. The lowest BCUT2D eigenvalue weighted by molar-refractivity contribution is 0.889. The topological polar surface area (TPSA) is 43.3 Å². The van der Waals surface area contributed by atoms with E-state index in [1.54, 1.807) is 6.20 Å². The van der Waals surface area contributed by atoms with E-state index in [1.165, 1.54) is 5.69 Å². The molecule has 13 heavy (non-hydrogen) atoms. The molecule has 2 rings (SSSR count). The summed E-state index contributed by atoms with van der Waals surface area (Å²) in [5.74, 6) is 0. The average Bonchev–Trinajstić information content (AvgIpc) is 2.50. The number of pyridine rings is 1. The molecule has 0 saturated heterocycles. The van der Waals surface area contributed by atoms with Gasteiger partial charge in [-0.15, -0.1) is 0 Å². The minimum Gasteiger partial charge on any atom is -0.330 e. The Morgan fingerprint density at radius 1 is 1.46 bits per heavy atom. The maximum Gasteiger partial charge on any atom is 0.137 e. The number of rotatable bonds is 2. The minimum atomic E-state index is 0.656. The summed E-state index contributed by atoms with van der Waals surface area (Å²) >= 11 is 3.45. The molecule has 2 aromatic rings. The van der Waals surface area contributed by atoms with Gasteiger partial charge in [-0.25, -0.2) is 4.98 Å². The highest BCUT2D eigenvalue weighted by molar-refractivity contribution is 9.10. The van der Waals surface area contributed by atoms with Gasteiger partial charge in [0.1, 0.15) is 10.3 Å². The molecular formula is C9H10BrN3. The number of halogens is 1. The van der Waals surface area contributed by atoms with E-state index in [9.17, 15) is 0 Å². The van der Waals surface area contributed by atoms with Crippen molar-refractivity contribution in [3.63, 3.8) is 0 Å². The van der Waals surface area contributed by atoms with Crippen molar-refractivity contribution < 1.29 is 0 Å². The van der Waals surface area contributed by atoms with Gasteiger partial charge in [-0.1, -0.05) is 6.07 Å². The first kappa shape index (κ1) is 8.72. The van der Waals surface area contributed by atoms with E-state index < -0.39 is 0 Å². The number of hydrogen-bond donors (Lipinski definition) is 1. The fourth-order valence-corrected chi connectivity index (χ4v) is 1.92. The van der Waals surface area contributed by atoms with E-state index in [0.29, 0.717) is 6.54 Å². The van der Waals surface area contributed by atoms with Crippen molar-refractivity contribution in [3.05, 3.63) is 34.7 Å². The monoisotopic (exact) mass is 239 g/mol. The van der Waals surface area contributed by atoms with Gasteiger partial charge >= 0.3 is 0 Å². The van der Waals surface area contributed by atoms with Crippen LogP contribution in [0.1, 0.15) is 5.69 Å². The van der Waals surface area contributed by atoms with Crippen LogP contribution in [0.5, 0.6) is 0 Å². The lowest BCUT2D eigenvalue weighted by Crippen LogP contribution is -2.06. The van der Waals surface area contributed by atoms with Crippen LogP contribution in [0.25, 0.3) is 5.65 Å². The number of nitrogens with two attached hydrogens (primary N) is 1. The maximum atomic E-state index is 5.52. The second kappa shape index (κ2) is 3.47. The smallest absolute Gasteiger partial charge is 0.137 e. The summed E-state index contributed by atoms with van der Waals surface area (Å²) in [5, 5.41) is 0. The molecule has 0 spiro atoms. The van der Waals surface area contributed by atoms with E-state index in [0.717, 1.165) is 16.7 Å². The standard InChI is InChI=1S/C9H10BrN3/c10-8-6-12-9-3-1-2-7(4-5-11)13(8)9/h1-3,6H,4-5,11H2. The third kappa shape index (κ3) is 1.47. The summed E-state index contributed by atoms with van der Waals surface area (Å²) in [4.78, 5) is 4.24. The number of fused-ring (bicyclic) bond motifs is 1. The van der Waals surface area contributed by atoms with Crippen molar-refractivity contribution in [2.75, 3.05) is 6.54 Å². The molecule has 0 bridgehead atoms. The van der Waals surface area contributed by atoms with Crippen molar-refractivity contribution >= 4 is 21.6 Å². The molecule has 2 aromatic heterocycles. The Labute approximate surface area is 84.7 Å². The summed E-state index contributed by atoms with van der Waals surface area (Å²) in [6.07, 6.45) is 2.67. The lowest BCUT2D eigenvalue weighted by atomic mass is 10.2.